The fourth-order valence-electron chi connectivity index (χ4n) is 2.45. The van der Waals surface area contributed by atoms with E-state index in [0.717, 1.165) is 0 Å². The minimum Gasteiger partial charge on any atom is -0.497 e. The molecule has 1 amide bonds. The molecule has 0 spiro atoms. The van der Waals surface area contributed by atoms with Gasteiger partial charge in [-0.3, -0.25) is 9.52 Å². The Morgan fingerprint density at radius 2 is 1.88 bits per heavy atom. The number of nitrogens with one attached hydrogen (secondary N) is 2. The highest BCUT2D eigenvalue weighted by molar-refractivity contribution is 7.92. The Labute approximate surface area is 144 Å². The number of aryl methyl sites for hydroxylation is 1. The minimum atomic E-state index is -3.79. The van der Waals surface area contributed by atoms with E-state index in [4.69, 9.17) is 16.3 Å². The molecule has 3 rings (SSSR count). The number of methoxy groups -OCH3 is 1. The molecule has 24 heavy (non-hydrogen) atoms. The molecular weight excluding hydrogens is 352 g/mol. The number of hydrogen-bond acceptors (Lipinski definition) is 4. The normalized spacial score (nSPS) is 13.8. The number of carbonyl (C=O) groups is 1. The van der Waals surface area contributed by atoms with Crippen molar-refractivity contribution in [3.8, 4) is 5.75 Å². The first kappa shape index (κ1) is 16.6. The number of sulfonamides is 1. The Hall–Kier alpha value is -2.25. The number of halogens is 1. The second kappa shape index (κ2) is 6.33. The fraction of sp³-hybridized carbons (Fsp3) is 0.188. The summed E-state index contributed by atoms with van der Waals surface area (Å²) in [6, 6.07) is 9.40. The molecule has 0 saturated heterocycles. The zero-order valence-electron chi connectivity index (χ0n) is 12.8. The molecule has 0 unspecified atom stereocenters. The molecule has 2 aromatic rings. The van der Waals surface area contributed by atoms with Crippen molar-refractivity contribution in [1.29, 1.82) is 0 Å². The van der Waals surface area contributed by atoms with Crippen molar-refractivity contribution >= 4 is 38.9 Å². The summed E-state index contributed by atoms with van der Waals surface area (Å²) in [5.74, 6) is 0.502. The zero-order valence-corrected chi connectivity index (χ0v) is 14.4. The van der Waals surface area contributed by atoms with Crippen LogP contribution in [0, 0.1) is 0 Å². The number of fused-ring (bicyclic) bond motifs is 1. The lowest BCUT2D eigenvalue weighted by molar-refractivity contribution is -0.116. The molecule has 1 heterocycles. The third kappa shape index (κ3) is 3.32. The van der Waals surface area contributed by atoms with Gasteiger partial charge >= 0.3 is 0 Å². The molecule has 0 atom stereocenters. The summed E-state index contributed by atoms with van der Waals surface area (Å²) >= 11 is 6.14. The highest BCUT2D eigenvalue weighted by atomic mass is 35.5. The lowest BCUT2D eigenvalue weighted by atomic mass is 10.0. The van der Waals surface area contributed by atoms with Crippen molar-refractivity contribution in [3.05, 3.63) is 47.0 Å². The van der Waals surface area contributed by atoms with E-state index >= 15 is 0 Å². The molecule has 1 aliphatic rings. The van der Waals surface area contributed by atoms with Gasteiger partial charge in [-0.1, -0.05) is 11.6 Å². The Balaban J connectivity index is 1.92. The molecule has 2 aromatic carbocycles. The second-order valence-electron chi connectivity index (χ2n) is 5.32. The molecule has 6 nitrogen and oxygen atoms in total. The number of ether oxygens (including phenoxy) is 1. The maximum absolute atomic E-state index is 12.6. The van der Waals surface area contributed by atoms with Crippen LogP contribution in [0.1, 0.15) is 12.0 Å². The van der Waals surface area contributed by atoms with Gasteiger partial charge < -0.3 is 10.1 Å². The van der Waals surface area contributed by atoms with Crippen LogP contribution in [0.4, 0.5) is 11.4 Å². The largest absolute Gasteiger partial charge is 0.497 e. The van der Waals surface area contributed by atoms with Crippen LogP contribution in [0.3, 0.4) is 0 Å². The predicted molar refractivity (Wildman–Crippen MR) is 92.2 cm³/mol. The summed E-state index contributed by atoms with van der Waals surface area (Å²) in [5.41, 5.74) is 1.60. The smallest absolute Gasteiger partial charge is 0.261 e. The monoisotopic (exact) mass is 366 g/mol. The van der Waals surface area contributed by atoms with E-state index < -0.39 is 10.0 Å². The van der Waals surface area contributed by atoms with Crippen LogP contribution in [-0.2, 0) is 21.2 Å². The zero-order chi connectivity index (χ0) is 17.3. The first-order chi connectivity index (χ1) is 11.4. The van der Waals surface area contributed by atoms with Gasteiger partial charge in [0.2, 0.25) is 5.91 Å². The highest BCUT2D eigenvalue weighted by Gasteiger charge is 2.23. The average Bonchev–Trinajstić information content (AvgIpc) is 2.55. The second-order valence-corrected chi connectivity index (χ2v) is 7.41. The molecule has 0 aliphatic carbocycles. The third-order valence-corrected chi connectivity index (χ3v) is 5.34. The molecule has 0 bridgehead atoms. The van der Waals surface area contributed by atoms with Gasteiger partial charge in [0, 0.05) is 12.1 Å². The van der Waals surface area contributed by atoms with Crippen molar-refractivity contribution < 1.29 is 17.9 Å². The maximum atomic E-state index is 12.6. The predicted octanol–water partition coefficient (Wildman–Crippen LogP) is 3.03. The van der Waals surface area contributed by atoms with Crippen LogP contribution in [0.2, 0.25) is 5.02 Å². The quantitative estimate of drug-likeness (QED) is 0.871. The molecular formula is C16H15ClN2O4S. The van der Waals surface area contributed by atoms with Crippen molar-refractivity contribution in [2.24, 2.45) is 0 Å². The van der Waals surface area contributed by atoms with Gasteiger partial charge in [-0.2, -0.15) is 0 Å². The van der Waals surface area contributed by atoms with E-state index in [1.54, 1.807) is 24.3 Å². The minimum absolute atomic E-state index is 0.0539. The van der Waals surface area contributed by atoms with Gasteiger partial charge in [0.25, 0.3) is 10.0 Å². The van der Waals surface area contributed by atoms with Gasteiger partial charge in [-0.25, -0.2) is 8.42 Å². The summed E-state index contributed by atoms with van der Waals surface area (Å²) in [7, 11) is -2.26. The van der Waals surface area contributed by atoms with Crippen LogP contribution >= 0.6 is 11.6 Å². The summed E-state index contributed by atoms with van der Waals surface area (Å²) < 4.78 is 32.7. The van der Waals surface area contributed by atoms with Gasteiger partial charge in [0.1, 0.15) is 5.75 Å². The van der Waals surface area contributed by atoms with Crippen molar-refractivity contribution in [2.75, 3.05) is 17.1 Å². The van der Waals surface area contributed by atoms with Crippen LogP contribution in [0.15, 0.2) is 41.3 Å². The van der Waals surface area contributed by atoms with E-state index in [1.165, 1.54) is 19.2 Å². The highest BCUT2D eigenvalue weighted by Crippen LogP contribution is 2.33. The maximum Gasteiger partial charge on any atom is 0.261 e. The average molecular weight is 367 g/mol. The Kier molecular flexibility index (Phi) is 4.38. The fourth-order valence-corrected chi connectivity index (χ4v) is 3.94. The number of benzene rings is 2. The molecule has 0 radical (unpaired) electrons. The Bertz CT molecular complexity index is 895. The summed E-state index contributed by atoms with van der Waals surface area (Å²) in [5, 5.41) is 2.87. The number of amides is 1. The van der Waals surface area contributed by atoms with Gasteiger partial charge in [0.15, 0.2) is 0 Å². The topological polar surface area (TPSA) is 84.5 Å². The van der Waals surface area contributed by atoms with Crippen LogP contribution in [0.25, 0.3) is 0 Å². The molecule has 0 aromatic heterocycles. The first-order valence-corrected chi connectivity index (χ1v) is 9.04. The van der Waals surface area contributed by atoms with E-state index in [2.05, 4.69) is 10.0 Å². The molecule has 8 heteroatoms. The molecule has 0 saturated carbocycles. The lowest BCUT2D eigenvalue weighted by Gasteiger charge is -2.19. The standard InChI is InChI=1S/C16H15ClN2O4S/c1-23-12-5-3-11(4-6-12)19-24(21,22)13-8-10-2-7-15(20)18-16(10)14(17)9-13/h3-6,8-9,19H,2,7H2,1H3,(H,18,20). The van der Waals surface area contributed by atoms with E-state index in [-0.39, 0.29) is 15.8 Å². The summed E-state index contributed by atoms with van der Waals surface area (Å²) in [6.45, 7) is 0. The lowest BCUT2D eigenvalue weighted by Crippen LogP contribution is -2.20. The third-order valence-electron chi connectivity index (χ3n) is 3.68. The van der Waals surface area contributed by atoms with Gasteiger partial charge in [0.05, 0.1) is 22.7 Å². The number of hydrogen-bond donors (Lipinski definition) is 2. The number of rotatable bonds is 4. The number of anilines is 2. The molecule has 0 fully saturated rings. The van der Waals surface area contributed by atoms with E-state index in [9.17, 15) is 13.2 Å². The SMILES string of the molecule is COc1ccc(NS(=O)(=O)c2cc(Cl)c3c(c2)CCC(=O)N3)cc1. The summed E-state index contributed by atoms with van der Waals surface area (Å²) in [4.78, 5) is 11.5. The van der Waals surface area contributed by atoms with Crippen LogP contribution in [-0.4, -0.2) is 21.4 Å². The molecule has 2 N–H and O–H groups in total. The van der Waals surface area contributed by atoms with E-state index in [1.807, 2.05) is 0 Å². The van der Waals surface area contributed by atoms with Gasteiger partial charge in [-0.15, -0.1) is 0 Å². The van der Waals surface area contributed by atoms with Gasteiger partial charge in [-0.05, 0) is 48.4 Å². The first-order valence-electron chi connectivity index (χ1n) is 7.18. The Morgan fingerprint density at radius 3 is 2.54 bits per heavy atom. The molecule has 126 valence electrons. The van der Waals surface area contributed by atoms with Crippen LogP contribution < -0.4 is 14.8 Å². The number of carbonyl (C=O) groups excluding carboxylic acids is 1. The summed E-state index contributed by atoms with van der Waals surface area (Å²) in [6.07, 6.45) is 0.755. The van der Waals surface area contributed by atoms with E-state index in [0.29, 0.717) is 35.5 Å². The van der Waals surface area contributed by atoms with Crippen molar-refractivity contribution in [3.63, 3.8) is 0 Å². The molecule has 1 aliphatic heterocycles. The Morgan fingerprint density at radius 1 is 1.17 bits per heavy atom. The van der Waals surface area contributed by atoms with Crippen molar-refractivity contribution in [1.82, 2.24) is 0 Å². The van der Waals surface area contributed by atoms with Crippen LogP contribution in [0.5, 0.6) is 5.75 Å². The van der Waals surface area contributed by atoms with Crippen molar-refractivity contribution in [2.45, 2.75) is 17.7 Å².